The van der Waals surface area contributed by atoms with E-state index < -0.39 is 0 Å². The summed E-state index contributed by atoms with van der Waals surface area (Å²) in [4.78, 5) is 4.37. The quantitative estimate of drug-likeness (QED) is 0.497. The summed E-state index contributed by atoms with van der Waals surface area (Å²) >= 11 is 0. The van der Waals surface area contributed by atoms with Crippen molar-refractivity contribution in [2.24, 2.45) is 10.7 Å². The van der Waals surface area contributed by atoms with Gasteiger partial charge in [-0.3, -0.25) is 4.99 Å². The predicted octanol–water partition coefficient (Wildman–Crippen LogP) is 2.86. The summed E-state index contributed by atoms with van der Waals surface area (Å²) in [7, 11) is 3.19. The molecule has 140 valence electrons. The van der Waals surface area contributed by atoms with Crippen LogP contribution in [-0.4, -0.2) is 36.5 Å². The van der Waals surface area contributed by atoms with Crippen molar-refractivity contribution >= 4 is 11.6 Å². The molecule has 7 heteroatoms. The number of benzene rings is 2. The summed E-state index contributed by atoms with van der Waals surface area (Å²) in [6.07, 6.45) is 4.60. The van der Waals surface area contributed by atoms with Gasteiger partial charge in [0.1, 0.15) is 0 Å². The van der Waals surface area contributed by atoms with Gasteiger partial charge in [-0.05, 0) is 36.2 Å². The maximum absolute atomic E-state index is 5.97. The molecule has 27 heavy (non-hydrogen) atoms. The van der Waals surface area contributed by atoms with E-state index in [4.69, 9.17) is 15.2 Å². The number of nitrogens with zero attached hydrogens (tertiary/aromatic N) is 3. The minimum Gasteiger partial charge on any atom is -0.493 e. The molecule has 3 rings (SSSR count). The Balaban J connectivity index is 1.56. The molecule has 0 fully saturated rings. The number of nitrogens with two attached hydrogens (primary N) is 1. The number of ether oxygens (including phenoxy) is 2. The summed E-state index contributed by atoms with van der Waals surface area (Å²) in [6.45, 7) is 0.562. The summed E-state index contributed by atoms with van der Waals surface area (Å²) in [6, 6.07) is 15.5. The molecule has 2 aromatic carbocycles. The highest BCUT2D eigenvalue weighted by atomic mass is 16.5. The molecule has 0 saturated heterocycles. The Labute approximate surface area is 158 Å². The van der Waals surface area contributed by atoms with Crippen LogP contribution in [0.4, 0.5) is 5.69 Å². The van der Waals surface area contributed by atoms with Crippen molar-refractivity contribution in [2.75, 3.05) is 26.1 Å². The average molecular weight is 365 g/mol. The molecule has 0 amide bonds. The smallest absolute Gasteiger partial charge is 0.193 e. The fraction of sp³-hybridized carbons (Fsp3) is 0.200. The summed E-state index contributed by atoms with van der Waals surface area (Å²) in [5.74, 6) is 1.63. The first-order valence-corrected chi connectivity index (χ1v) is 8.57. The van der Waals surface area contributed by atoms with Gasteiger partial charge in [-0.15, -0.1) is 0 Å². The van der Waals surface area contributed by atoms with Crippen LogP contribution >= 0.6 is 0 Å². The molecule has 0 atom stereocenters. The highest BCUT2D eigenvalue weighted by Gasteiger charge is 2.05. The minimum atomic E-state index is 0.345. The number of guanidine groups is 1. The number of rotatable bonds is 7. The van der Waals surface area contributed by atoms with E-state index in [0.29, 0.717) is 24.0 Å². The molecule has 0 bridgehead atoms. The molecule has 0 spiro atoms. The lowest BCUT2D eigenvalue weighted by molar-refractivity contribution is 0.355. The van der Waals surface area contributed by atoms with Gasteiger partial charge in [-0.2, -0.15) is 5.10 Å². The number of para-hydroxylation sites is 1. The molecular formula is C20H23N5O2. The molecule has 3 N–H and O–H groups in total. The molecule has 0 unspecified atom stereocenters. The third kappa shape index (κ3) is 4.78. The van der Waals surface area contributed by atoms with E-state index >= 15 is 0 Å². The number of nitrogens with one attached hydrogen (secondary N) is 1. The van der Waals surface area contributed by atoms with E-state index in [-0.39, 0.29) is 0 Å². The number of hydrogen-bond acceptors (Lipinski definition) is 4. The highest BCUT2D eigenvalue weighted by Crippen LogP contribution is 2.29. The molecule has 3 aromatic rings. The zero-order valence-corrected chi connectivity index (χ0v) is 15.4. The van der Waals surface area contributed by atoms with Crippen LogP contribution < -0.4 is 20.5 Å². The van der Waals surface area contributed by atoms with Gasteiger partial charge in [-0.1, -0.05) is 18.2 Å². The lowest BCUT2D eigenvalue weighted by Crippen LogP contribution is -2.23. The van der Waals surface area contributed by atoms with E-state index in [0.717, 1.165) is 23.4 Å². The molecule has 0 saturated carbocycles. The first kappa shape index (κ1) is 18.3. The predicted molar refractivity (Wildman–Crippen MR) is 107 cm³/mol. The van der Waals surface area contributed by atoms with Crippen molar-refractivity contribution in [3.05, 3.63) is 66.5 Å². The van der Waals surface area contributed by atoms with Crippen LogP contribution in [0, 0.1) is 0 Å². The standard InChI is InChI=1S/C20H23N5O2/c1-26-18-9-8-16(12-19(18)27-2)24-20(21)22-11-10-15-13-23-25(14-15)17-6-4-3-5-7-17/h3-9,12-14H,10-11H2,1-2H3,(H3,21,22,24). The first-order valence-electron chi connectivity index (χ1n) is 8.57. The number of aliphatic imine (C=N–C) groups is 1. The molecule has 1 aromatic heterocycles. The Morgan fingerprint density at radius 1 is 1.11 bits per heavy atom. The van der Waals surface area contributed by atoms with Crippen molar-refractivity contribution in [2.45, 2.75) is 6.42 Å². The summed E-state index contributed by atoms with van der Waals surface area (Å²) in [5, 5.41) is 7.44. The normalized spacial score (nSPS) is 11.3. The molecule has 0 aliphatic carbocycles. The number of anilines is 1. The molecule has 1 heterocycles. The minimum absolute atomic E-state index is 0.345. The first-order chi connectivity index (χ1) is 13.2. The third-order valence-corrected chi connectivity index (χ3v) is 4.00. The molecule has 0 aliphatic rings. The molecule has 7 nitrogen and oxygen atoms in total. The zero-order valence-electron chi connectivity index (χ0n) is 15.4. The van der Waals surface area contributed by atoms with Crippen LogP contribution in [0.15, 0.2) is 65.9 Å². The van der Waals surface area contributed by atoms with E-state index in [9.17, 15) is 0 Å². The molecule has 0 radical (unpaired) electrons. The van der Waals surface area contributed by atoms with Crippen molar-refractivity contribution < 1.29 is 9.47 Å². The van der Waals surface area contributed by atoms with Gasteiger partial charge in [0, 0.05) is 24.5 Å². The van der Waals surface area contributed by atoms with Gasteiger partial charge in [0.15, 0.2) is 17.5 Å². The van der Waals surface area contributed by atoms with Crippen LogP contribution in [0.2, 0.25) is 0 Å². The van der Waals surface area contributed by atoms with Crippen LogP contribution in [0.5, 0.6) is 11.5 Å². The second-order valence-electron chi connectivity index (χ2n) is 5.84. The average Bonchev–Trinajstić information content (AvgIpc) is 3.17. The highest BCUT2D eigenvalue weighted by molar-refractivity contribution is 5.92. The Hall–Kier alpha value is -3.48. The summed E-state index contributed by atoms with van der Waals surface area (Å²) in [5.41, 5.74) is 8.89. The van der Waals surface area contributed by atoms with Crippen LogP contribution in [0.1, 0.15) is 5.56 Å². The van der Waals surface area contributed by atoms with E-state index in [2.05, 4.69) is 15.4 Å². The van der Waals surface area contributed by atoms with Gasteiger partial charge in [0.05, 0.1) is 26.1 Å². The van der Waals surface area contributed by atoms with Crippen molar-refractivity contribution in [1.82, 2.24) is 9.78 Å². The SMILES string of the molecule is COc1ccc(NC(N)=NCCc2cnn(-c3ccccc3)c2)cc1OC. The maximum Gasteiger partial charge on any atom is 0.193 e. The Morgan fingerprint density at radius 3 is 2.63 bits per heavy atom. The largest absolute Gasteiger partial charge is 0.493 e. The van der Waals surface area contributed by atoms with Crippen LogP contribution in [-0.2, 0) is 6.42 Å². The number of aromatic nitrogens is 2. The van der Waals surface area contributed by atoms with Crippen molar-refractivity contribution in [3.63, 3.8) is 0 Å². The monoisotopic (exact) mass is 365 g/mol. The Bertz CT molecular complexity index is 906. The Morgan fingerprint density at radius 2 is 1.89 bits per heavy atom. The number of hydrogen-bond donors (Lipinski definition) is 2. The molecule has 0 aliphatic heterocycles. The Kier molecular flexibility index (Phi) is 5.94. The van der Waals surface area contributed by atoms with Crippen LogP contribution in [0.25, 0.3) is 5.69 Å². The fourth-order valence-electron chi connectivity index (χ4n) is 2.62. The van der Waals surface area contributed by atoms with Crippen molar-refractivity contribution in [1.29, 1.82) is 0 Å². The zero-order chi connectivity index (χ0) is 19.1. The molecular weight excluding hydrogens is 342 g/mol. The lowest BCUT2D eigenvalue weighted by Gasteiger charge is -2.10. The second-order valence-corrected chi connectivity index (χ2v) is 5.84. The van der Waals surface area contributed by atoms with Crippen LogP contribution in [0.3, 0.4) is 0 Å². The fourth-order valence-corrected chi connectivity index (χ4v) is 2.62. The van der Waals surface area contributed by atoms with Crippen molar-refractivity contribution in [3.8, 4) is 17.2 Å². The summed E-state index contributed by atoms with van der Waals surface area (Å²) < 4.78 is 12.4. The van der Waals surface area contributed by atoms with E-state index in [1.165, 1.54) is 0 Å². The topological polar surface area (TPSA) is 86.7 Å². The van der Waals surface area contributed by atoms with Gasteiger partial charge in [0.25, 0.3) is 0 Å². The lowest BCUT2D eigenvalue weighted by atomic mass is 10.2. The van der Waals surface area contributed by atoms with Gasteiger partial charge in [-0.25, -0.2) is 4.68 Å². The van der Waals surface area contributed by atoms with E-state index in [1.54, 1.807) is 14.2 Å². The van der Waals surface area contributed by atoms with Gasteiger partial charge < -0.3 is 20.5 Å². The second kappa shape index (κ2) is 8.75. The van der Waals surface area contributed by atoms with E-state index in [1.807, 2.05) is 65.6 Å². The number of methoxy groups -OCH3 is 2. The third-order valence-electron chi connectivity index (χ3n) is 4.00. The maximum atomic E-state index is 5.97. The van der Waals surface area contributed by atoms with Gasteiger partial charge in [0.2, 0.25) is 0 Å². The van der Waals surface area contributed by atoms with Gasteiger partial charge >= 0.3 is 0 Å².